The zero-order valence-corrected chi connectivity index (χ0v) is 12.3. The van der Waals surface area contributed by atoms with Gasteiger partial charge in [-0.25, -0.2) is 9.18 Å². The summed E-state index contributed by atoms with van der Waals surface area (Å²) in [6, 6.07) is 4.23. The predicted octanol–water partition coefficient (Wildman–Crippen LogP) is 3.52. The molecule has 0 N–H and O–H groups in total. The van der Waals surface area contributed by atoms with Crippen molar-refractivity contribution in [3.05, 3.63) is 29.6 Å². The van der Waals surface area contributed by atoms with Gasteiger partial charge in [0.25, 0.3) is 0 Å². The number of amides is 1. The highest BCUT2D eigenvalue weighted by Crippen LogP contribution is 2.36. The molecule has 0 aliphatic carbocycles. The zero-order valence-electron chi connectivity index (χ0n) is 12.3. The summed E-state index contributed by atoms with van der Waals surface area (Å²) < 4.78 is 24.0. The Morgan fingerprint density at radius 1 is 1.45 bits per heavy atom. The monoisotopic (exact) mass is 281 g/mol. The number of hydrogen-bond donors (Lipinski definition) is 0. The third-order valence-electron chi connectivity index (χ3n) is 3.13. The van der Waals surface area contributed by atoms with Gasteiger partial charge in [0.2, 0.25) is 0 Å². The maximum Gasteiger partial charge on any atom is 0.410 e. The van der Waals surface area contributed by atoms with Gasteiger partial charge in [-0.3, -0.25) is 0 Å². The summed E-state index contributed by atoms with van der Waals surface area (Å²) >= 11 is 0. The van der Waals surface area contributed by atoms with Crippen molar-refractivity contribution in [2.45, 2.75) is 38.8 Å². The van der Waals surface area contributed by atoms with Gasteiger partial charge in [-0.1, -0.05) is 6.07 Å². The van der Waals surface area contributed by atoms with Crippen LogP contribution in [0.25, 0.3) is 0 Å². The smallest absolute Gasteiger partial charge is 0.410 e. The topological polar surface area (TPSA) is 38.8 Å². The Morgan fingerprint density at radius 2 is 2.15 bits per heavy atom. The minimum atomic E-state index is -0.540. The molecule has 0 saturated heterocycles. The Labute approximate surface area is 118 Å². The molecular formula is C15H20FNO3. The molecule has 1 aromatic carbocycles. The van der Waals surface area contributed by atoms with Crippen LogP contribution in [0.2, 0.25) is 0 Å². The van der Waals surface area contributed by atoms with E-state index in [0.717, 1.165) is 5.56 Å². The number of nitrogens with zero attached hydrogens (tertiary/aromatic N) is 1. The molecule has 0 fully saturated rings. The van der Waals surface area contributed by atoms with Gasteiger partial charge < -0.3 is 14.4 Å². The average molecular weight is 281 g/mol. The molecule has 20 heavy (non-hydrogen) atoms. The summed E-state index contributed by atoms with van der Waals surface area (Å²) in [6.07, 6.45) is 0.272. The summed E-state index contributed by atoms with van der Waals surface area (Å²) in [5, 5.41) is 0. The lowest BCUT2D eigenvalue weighted by Gasteiger charge is -2.34. The molecule has 0 spiro atoms. The Hall–Kier alpha value is -1.78. The first-order valence-electron chi connectivity index (χ1n) is 6.66. The molecule has 1 amide bonds. The van der Waals surface area contributed by atoms with Gasteiger partial charge in [0.05, 0.1) is 12.6 Å². The van der Waals surface area contributed by atoms with E-state index in [9.17, 15) is 9.18 Å². The number of halogens is 1. The molecule has 1 aromatic rings. The van der Waals surface area contributed by atoms with Gasteiger partial charge in [0.15, 0.2) is 0 Å². The van der Waals surface area contributed by atoms with E-state index in [1.807, 2.05) is 20.8 Å². The summed E-state index contributed by atoms with van der Waals surface area (Å²) in [5.41, 5.74) is 0.272. The summed E-state index contributed by atoms with van der Waals surface area (Å²) in [7, 11) is 1.69. The summed E-state index contributed by atoms with van der Waals surface area (Å²) in [5.74, 6) is 0.154. The lowest BCUT2D eigenvalue weighted by Crippen LogP contribution is -2.38. The minimum Gasteiger partial charge on any atom is -0.493 e. The maximum absolute atomic E-state index is 13.2. The Bertz CT molecular complexity index is 510. The fourth-order valence-corrected chi connectivity index (χ4v) is 2.21. The van der Waals surface area contributed by atoms with Crippen molar-refractivity contribution >= 4 is 6.09 Å². The van der Waals surface area contributed by atoms with Gasteiger partial charge >= 0.3 is 6.09 Å². The first-order valence-corrected chi connectivity index (χ1v) is 6.66. The van der Waals surface area contributed by atoms with Crippen LogP contribution in [0.15, 0.2) is 18.2 Å². The number of benzene rings is 1. The van der Waals surface area contributed by atoms with Crippen molar-refractivity contribution in [2.75, 3.05) is 13.7 Å². The van der Waals surface area contributed by atoms with Crippen molar-refractivity contribution in [2.24, 2.45) is 0 Å². The molecular weight excluding hydrogens is 261 g/mol. The standard InChI is InChI=1S/C15H20FNO3/c1-15(2,3)20-14(18)17(4)12-7-8-19-13-9-10(16)5-6-11(12)13/h5-6,9,12H,7-8H2,1-4H3. The molecule has 0 aromatic heterocycles. The molecule has 1 heterocycles. The van der Waals surface area contributed by atoms with Crippen LogP contribution < -0.4 is 4.74 Å². The fourth-order valence-electron chi connectivity index (χ4n) is 2.21. The van der Waals surface area contributed by atoms with Gasteiger partial charge in [0.1, 0.15) is 17.2 Å². The molecule has 0 saturated carbocycles. The number of rotatable bonds is 1. The second-order valence-electron chi connectivity index (χ2n) is 5.93. The Balaban J connectivity index is 2.20. The van der Waals surface area contributed by atoms with E-state index in [4.69, 9.17) is 9.47 Å². The molecule has 110 valence electrons. The normalized spacial score (nSPS) is 17.9. The van der Waals surface area contributed by atoms with Gasteiger partial charge in [0, 0.05) is 25.1 Å². The van der Waals surface area contributed by atoms with Gasteiger partial charge in [-0.2, -0.15) is 0 Å². The highest BCUT2D eigenvalue weighted by atomic mass is 19.1. The van der Waals surface area contributed by atoms with Crippen LogP contribution in [0, 0.1) is 5.82 Å². The number of hydrogen-bond acceptors (Lipinski definition) is 3. The number of carbonyl (C=O) groups excluding carboxylic acids is 1. The van der Waals surface area contributed by atoms with Crippen molar-refractivity contribution in [3.63, 3.8) is 0 Å². The van der Waals surface area contributed by atoms with Gasteiger partial charge in [-0.15, -0.1) is 0 Å². The summed E-state index contributed by atoms with van der Waals surface area (Å²) in [6.45, 7) is 5.93. The first kappa shape index (κ1) is 14.6. The fraction of sp³-hybridized carbons (Fsp3) is 0.533. The molecule has 0 radical (unpaired) electrons. The SMILES string of the molecule is CN(C(=O)OC(C)(C)C)C1CCOc2cc(F)ccc21. The van der Waals surface area contributed by atoms with Crippen LogP contribution in [0.5, 0.6) is 5.75 Å². The average Bonchev–Trinajstić information content (AvgIpc) is 2.34. The second kappa shape index (κ2) is 5.31. The first-order chi connectivity index (χ1) is 9.28. The highest BCUT2D eigenvalue weighted by molar-refractivity contribution is 5.68. The minimum absolute atomic E-state index is 0.158. The van der Waals surface area contributed by atoms with Crippen LogP contribution in [0.4, 0.5) is 9.18 Å². The maximum atomic E-state index is 13.2. The van der Waals surface area contributed by atoms with Crippen LogP contribution in [0.3, 0.4) is 0 Å². The van der Waals surface area contributed by atoms with E-state index in [1.165, 1.54) is 12.1 Å². The third kappa shape index (κ3) is 3.21. The molecule has 4 nitrogen and oxygen atoms in total. The van der Waals surface area contributed by atoms with Crippen LogP contribution in [-0.2, 0) is 4.74 Å². The lowest BCUT2D eigenvalue weighted by atomic mass is 9.99. The quantitative estimate of drug-likeness (QED) is 0.790. The number of fused-ring (bicyclic) bond motifs is 1. The van der Waals surface area contributed by atoms with E-state index in [2.05, 4.69) is 0 Å². The lowest BCUT2D eigenvalue weighted by molar-refractivity contribution is 0.0182. The van der Waals surface area contributed by atoms with Crippen molar-refractivity contribution < 1.29 is 18.7 Å². The van der Waals surface area contributed by atoms with Crippen molar-refractivity contribution in [1.82, 2.24) is 4.90 Å². The molecule has 1 aliphatic rings. The largest absolute Gasteiger partial charge is 0.493 e. The molecule has 1 aliphatic heterocycles. The second-order valence-corrected chi connectivity index (χ2v) is 5.93. The predicted molar refractivity (Wildman–Crippen MR) is 73.3 cm³/mol. The van der Waals surface area contributed by atoms with Gasteiger partial charge in [-0.05, 0) is 26.8 Å². The zero-order chi connectivity index (χ0) is 14.9. The van der Waals surface area contributed by atoms with Crippen molar-refractivity contribution in [1.29, 1.82) is 0 Å². The molecule has 2 rings (SSSR count). The molecule has 1 unspecified atom stereocenters. The Morgan fingerprint density at radius 3 is 2.80 bits per heavy atom. The number of carbonyl (C=O) groups is 1. The Kier molecular flexibility index (Phi) is 3.88. The van der Waals surface area contributed by atoms with E-state index in [1.54, 1.807) is 18.0 Å². The van der Waals surface area contributed by atoms with Crippen molar-refractivity contribution in [3.8, 4) is 5.75 Å². The van der Waals surface area contributed by atoms with E-state index >= 15 is 0 Å². The van der Waals surface area contributed by atoms with Crippen LogP contribution in [0.1, 0.15) is 38.8 Å². The summed E-state index contributed by atoms with van der Waals surface area (Å²) in [4.78, 5) is 13.7. The molecule has 1 atom stereocenters. The highest BCUT2D eigenvalue weighted by Gasteiger charge is 2.30. The van der Waals surface area contributed by atoms with Crippen LogP contribution in [-0.4, -0.2) is 30.2 Å². The van der Waals surface area contributed by atoms with Crippen LogP contribution >= 0.6 is 0 Å². The van der Waals surface area contributed by atoms with E-state index in [-0.39, 0.29) is 18.0 Å². The molecule has 5 heteroatoms. The van der Waals surface area contributed by atoms with E-state index in [0.29, 0.717) is 18.8 Å². The number of ether oxygens (including phenoxy) is 2. The molecule has 0 bridgehead atoms. The van der Waals surface area contributed by atoms with E-state index < -0.39 is 5.60 Å². The third-order valence-corrected chi connectivity index (χ3v) is 3.13.